The molecule has 0 heterocycles. The Balaban J connectivity index is 3.36. The van der Waals surface area contributed by atoms with Crippen LogP contribution in [0.1, 0.15) is 399 Å². The van der Waals surface area contributed by atoms with Gasteiger partial charge in [-0.25, -0.2) is 0 Å². The molecule has 80 heavy (non-hydrogen) atoms. The number of hydrogen-bond acceptors (Lipinski definition) is 5. The fraction of sp³-hybridized carbons (Fsp3) is 0.892. The van der Waals surface area contributed by atoms with Crippen molar-refractivity contribution in [3.8, 4) is 0 Å². The van der Waals surface area contributed by atoms with Crippen molar-refractivity contribution < 1.29 is 24.5 Å². The van der Waals surface area contributed by atoms with Gasteiger partial charge in [0.15, 0.2) is 0 Å². The summed E-state index contributed by atoms with van der Waals surface area (Å²) in [7, 11) is 0. The Bertz CT molecular complexity index is 1300. The third-order valence-electron chi connectivity index (χ3n) is 16.9. The van der Waals surface area contributed by atoms with Crippen molar-refractivity contribution in [2.75, 3.05) is 13.2 Å². The number of allylic oxidation sites excluding steroid dienone is 5. The Morgan fingerprint density at radius 1 is 0.338 bits per heavy atom. The summed E-state index contributed by atoms with van der Waals surface area (Å²) in [5.74, 6) is -0.0479. The third kappa shape index (κ3) is 65.2. The molecule has 0 spiro atoms. The lowest BCUT2D eigenvalue weighted by molar-refractivity contribution is -0.143. The molecule has 0 saturated carbocycles. The average Bonchev–Trinajstić information content (AvgIpc) is 3.46. The minimum atomic E-state index is -0.843. The summed E-state index contributed by atoms with van der Waals surface area (Å²) in [4.78, 5) is 24.6. The van der Waals surface area contributed by atoms with Crippen molar-refractivity contribution in [1.82, 2.24) is 5.32 Å². The predicted molar refractivity (Wildman–Crippen MR) is 352 cm³/mol. The first-order valence-corrected chi connectivity index (χ1v) is 36.3. The van der Waals surface area contributed by atoms with Crippen LogP contribution in [0.25, 0.3) is 0 Å². The summed E-state index contributed by atoms with van der Waals surface area (Å²) in [6.07, 6.45) is 89.5. The number of aliphatic hydroxyl groups is 2. The van der Waals surface area contributed by atoms with Crippen molar-refractivity contribution in [3.05, 3.63) is 36.5 Å². The van der Waals surface area contributed by atoms with E-state index in [0.29, 0.717) is 19.4 Å². The highest BCUT2D eigenvalue weighted by Gasteiger charge is 2.18. The van der Waals surface area contributed by atoms with E-state index in [0.717, 1.165) is 38.5 Å². The van der Waals surface area contributed by atoms with E-state index in [1.165, 1.54) is 334 Å². The second-order valence-electron chi connectivity index (χ2n) is 24.9. The van der Waals surface area contributed by atoms with E-state index in [2.05, 4.69) is 43.5 Å². The number of amides is 1. The molecule has 6 heteroatoms. The number of aliphatic hydroxyl groups excluding tert-OH is 2. The van der Waals surface area contributed by atoms with E-state index in [4.69, 9.17) is 4.74 Å². The van der Waals surface area contributed by atoms with Gasteiger partial charge in [-0.05, 0) is 83.5 Å². The van der Waals surface area contributed by atoms with Crippen LogP contribution in [0.5, 0.6) is 0 Å². The van der Waals surface area contributed by atoms with Crippen LogP contribution in [0.4, 0.5) is 0 Å². The molecule has 0 radical (unpaired) electrons. The zero-order valence-electron chi connectivity index (χ0n) is 54.1. The molecule has 0 aliphatic rings. The maximum Gasteiger partial charge on any atom is 0.305 e. The van der Waals surface area contributed by atoms with Crippen molar-refractivity contribution in [1.29, 1.82) is 0 Å². The number of unbranched alkanes of at least 4 members (excludes halogenated alkanes) is 53. The SMILES string of the molecule is CCCCCCCC/C=C\CCCCCCCCCCCC(=O)OCCCCCCCCCCCCCC/C=C\CCCCCCCCCCCCCCCCC(=O)NC(CO)C(O)/C=C/CCCCCCCCCCCCCC. The van der Waals surface area contributed by atoms with E-state index in [9.17, 15) is 19.8 Å². The highest BCUT2D eigenvalue weighted by atomic mass is 16.5. The zero-order chi connectivity index (χ0) is 57.8. The fourth-order valence-electron chi connectivity index (χ4n) is 11.3. The molecule has 2 unspecified atom stereocenters. The number of carbonyl (C=O) groups is 2. The first-order valence-electron chi connectivity index (χ1n) is 36.3. The number of ether oxygens (including phenoxy) is 1. The highest BCUT2D eigenvalue weighted by Crippen LogP contribution is 2.18. The van der Waals surface area contributed by atoms with Gasteiger partial charge in [0.05, 0.1) is 25.4 Å². The van der Waals surface area contributed by atoms with Crippen LogP contribution in [-0.4, -0.2) is 47.4 Å². The maximum atomic E-state index is 12.5. The smallest absolute Gasteiger partial charge is 0.305 e. The summed E-state index contributed by atoms with van der Waals surface area (Å²) in [6.45, 7) is 4.93. The van der Waals surface area contributed by atoms with E-state index >= 15 is 0 Å². The van der Waals surface area contributed by atoms with Gasteiger partial charge in [-0.2, -0.15) is 0 Å². The lowest BCUT2D eigenvalue weighted by Crippen LogP contribution is -2.45. The fourth-order valence-corrected chi connectivity index (χ4v) is 11.3. The summed E-state index contributed by atoms with van der Waals surface area (Å²) in [6, 6.07) is -0.626. The summed E-state index contributed by atoms with van der Waals surface area (Å²) < 4.78 is 5.51. The molecule has 2 atom stereocenters. The molecule has 0 aromatic rings. The van der Waals surface area contributed by atoms with Gasteiger partial charge < -0.3 is 20.3 Å². The molecule has 0 aromatic heterocycles. The number of rotatable bonds is 68. The van der Waals surface area contributed by atoms with Crippen LogP contribution in [0, 0.1) is 0 Å². The van der Waals surface area contributed by atoms with Crippen LogP contribution < -0.4 is 5.32 Å². The molecule has 0 aliphatic heterocycles. The second-order valence-corrected chi connectivity index (χ2v) is 24.9. The predicted octanol–water partition coefficient (Wildman–Crippen LogP) is 23.5. The molecule has 3 N–H and O–H groups in total. The van der Waals surface area contributed by atoms with Gasteiger partial charge in [0.25, 0.3) is 0 Å². The Kier molecular flexibility index (Phi) is 67.9. The standard InChI is InChI=1S/C74H141NO5/c1-3-5-7-9-11-13-15-17-19-20-33-37-40-44-48-52-56-60-64-68-74(79)80-69-65-61-57-53-49-45-41-38-35-32-30-28-26-24-22-21-23-25-27-29-31-34-36-39-43-47-51-55-59-63-67-73(78)75-71(70-76)72(77)66-62-58-54-50-46-42-18-16-14-12-10-8-6-4-2/h17,19,22,24,62,66,71-72,76-77H,3-16,18,20-21,23,25-61,63-65,67-70H2,1-2H3,(H,75,78)/b19-17-,24-22-,66-62+. The molecule has 0 aromatic carbocycles. The minimum absolute atomic E-state index is 0.0169. The summed E-state index contributed by atoms with van der Waals surface area (Å²) in [5.41, 5.74) is 0. The number of carbonyl (C=O) groups excluding carboxylic acids is 2. The first-order chi connectivity index (χ1) is 39.5. The van der Waals surface area contributed by atoms with Gasteiger partial charge >= 0.3 is 5.97 Å². The van der Waals surface area contributed by atoms with Gasteiger partial charge in [-0.15, -0.1) is 0 Å². The maximum absolute atomic E-state index is 12.5. The van der Waals surface area contributed by atoms with Crippen molar-refractivity contribution >= 4 is 11.9 Å². The van der Waals surface area contributed by atoms with Crippen LogP contribution in [-0.2, 0) is 14.3 Å². The van der Waals surface area contributed by atoms with Crippen LogP contribution in [0.15, 0.2) is 36.5 Å². The molecule has 0 aliphatic carbocycles. The van der Waals surface area contributed by atoms with Crippen molar-refractivity contribution in [3.63, 3.8) is 0 Å². The Hall–Kier alpha value is -1.92. The molecule has 0 bridgehead atoms. The van der Waals surface area contributed by atoms with Crippen LogP contribution >= 0.6 is 0 Å². The molecule has 1 amide bonds. The summed E-state index contributed by atoms with van der Waals surface area (Å²) in [5, 5.41) is 23.1. The van der Waals surface area contributed by atoms with Gasteiger partial charge in [0.1, 0.15) is 0 Å². The van der Waals surface area contributed by atoms with E-state index in [1.54, 1.807) is 6.08 Å². The molecule has 0 saturated heterocycles. The minimum Gasteiger partial charge on any atom is -0.466 e. The van der Waals surface area contributed by atoms with Gasteiger partial charge in [-0.1, -0.05) is 339 Å². The Labute approximate surface area is 500 Å². The zero-order valence-corrected chi connectivity index (χ0v) is 54.1. The lowest BCUT2D eigenvalue weighted by atomic mass is 10.0. The topological polar surface area (TPSA) is 95.9 Å². The van der Waals surface area contributed by atoms with E-state index < -0.39 is 12.1 Å². The first kappa shape index (κ1) is 78.1. The molecule has 6 nitrogen and oxygen atoms in total. The molecular weight excluding hydrogens is 983 g/mol. The number of esters is 1. The molecular formula is C74H141NO5. The molecule has 0 rings (SSSR count). The highest BCUT2D eigenvalue weighted by molar-refractivity contribution is 5.76. The normalized spacial score (nSPS) is 12.7. The average molecular weight is 1120 g/mol. The van der Waals surface area contributed by atoms with Gasteiger partial charge in [0.2, 0.25) is 5.91 Å². The lowest BCUT2D eigenvalue weighted by Gasteiger charge is -2.20. The van der Waals surface area contributed by atoms with Crippen molar-refractivity contribution in [2.45, 2.75) is 411 Å². The largest absolute Gasteiger partial charge is 0.466 e. The number of nitrogens with one attached hydrogen (secondary N) is 1. The van der Waals surface area contributed by atoms with Crippen LogP contribution in [0.3, 0.4) is 0 Å². The molecule has 0 fully saturated rings. The third-order valence-corrected chi connectivity index (χ3v) is 16.9. The van der Waals surface area contributed by atoms with E-state index in [-0.39, 0.29) is 18.5 Å². The number of hydrogen-bond donors (Lipinski definition) is 3. The van der Waals surface area contributed by atoms with E-state index in [1.807, 2.05) is 6.08 Å². The van der Waals surface area contributed by atoms with Crippen molar-refractivity contribution in [2.24, 2.45) is 0 Å². The van der Waals surface area contributed by atoms with Gasteiger partial charge in [0, 0.05) is 12.8 Å². The van der Waals surface area contributed by atoms with Gasteiger partial charge in [-0.3, -0.25) is 9.59 Å². The molecule has 472 valence electrons. The van der Waals surface area contributed by atoms with Crippen LogP contribution in [0.2, 0.25) is 0 Å². The Morgan fingerprint density at radius 2 is 0.588 bits per heavy atom. The second kappa shape index (κ2) is 69.6. The summed E-state index contributed by atoms with van der Waals surface area (Å²) >= 11 is 0. The quantitative estimate of drug-likeness (QED) is 0.0320. The Morgan fingerprint density at radius 3 is 0.887 bits per heavy atom. The monoisotopic (exact) mass is 1120 g/mol.